The number of amidine groups is 1. The number of amides is 1. The van der Waals surface area contributed by atoms with Crippen molar-refractivity contribution in [1.82, 2.24) is 4.90 Å². The maximum absolute atomic E-state index is 12.5. The summed E-state index contributed by atoms with van der Waals surface area (Å²) in [6, 6.07) is 13.9. The number of thioether (sulfide) groups is 1. The average molecular weight is 403 g/mol. The number of nitrogens with zero attached hydrogens (tertiary/aromatic N) is 2. The lowest BCUT2D eigenvalue weighted by molar-refractivity contribution is -0.139. The number of halogens is 1. The molecule has 3 rings (SSSR count). The number of carboxylic acids is 1. The Labute approximate surface area is 165 Å². The third kappa shape index (κ3) is 4.90. The Morgan fingerprint density at radius 3 is 2.52 bits per heavy atom. The van der Waals surface area contributed by atoms with E-state index in [0.717, 1.165) is 5.56 Å². The van der Waals surface area contributed by atoms with E-state index >= 15 is 0 Å². The first-order valence-electron chi connectivity index (χ1n) is 7.89. The molecule has 0 aliphatic carbocycles. The van der Waals surface area contributed by atoms with E-state index in [1.165, 1.54) is 16.7 Å². The Bertz CT molecular complexity index is 924. The fraction of sp³-hybridized carbons (Fsp3) is 0.105. The number of aliphatic imine (C=N–C) groups is 1. The number of hydrogen-bond donors (Lipinski definition) is 1. The van der Waals surface area contributed by atoms with Crippen LogP contribution in [-0.2, 0) is 9.59 Å². The monoisotopic (exact) mass is 402 g/mol. The first-order valence-corrected chi connectivity index (χ1v) is 9.08. The standard InChI is InChI=1S/C19H15ClN2O4S/c1-22-18(25)16(27-19(22)21-14-6-4-13(20)5-7-14)10-12-2-8-15(9-3-12)26-11-17(23)24/h2-10H,11H2,1H3,(H,23,24)/b16-10+,21-19?. The smallest absolute Gasteiger partial charge is 0.341 e. The molecular weight excluding hydrogens is 388 g/mol. The maximum Gasteiger partial charge on any atom is 0.341 e. The number of likely N-dealkylation sites (N-methyl/N-ethyl adjacent to an activating group) is 1. The fourth-order valence-electron chi connectivity index (χ4n) is 2.23. The van der Waals surface area contributed by atoms with Crippen LogP contribution in [0, 0.1) is 0 Å². The van der Waals surface area contributed by atoms with Gasteiger partial charge in [0.05, 0.1) is 10.6 Å². The molecule has 8 heteroatoms. The van der Waals surface area contributed by atoms with Crippen molar-refractivity contribution in [3.05, 3.63) is 64.0 Å². The predicted molar refractivity (Wildman–Crippen MR) is 106 cm³/mol. The van der Waals surface area contributed by atoms with E-state index in [2.05, 4.69) is 4.99 Å². The van der Waals surface area contributed by atoms with E-state index < -0.39 is 12.6 Å². The van der Waals surface area contributed by atoms with Crippen molar-refractivity contribution < 1.29 is 19.4 Å². The van der Waals surface area contributed by atoms with Crippen LogP contribution in [0.5, 0.6) is 5.75 Å². The lowest BCUT2D eigenvalue weighted by atomic mass is 10.2. The first kappa shape index (κ1) is 19.0. The minimum absolute atomic E-state index is 0.140. The van der Waals surface area contributed by atoms with Gasteiger partial charge in [0.2, 0.25) is 0 Å². The summed E-state index contributed by atoms with van der Waals surface area (Å²) in [5.41, 5.74) is 1.51. The van der Waals surface area contributed by atoms with E-state index in [4.69, 9.17) is 21.4 Å². The first-order chi connectivity index (χ1) is 12.9. The summed E-state index contributed by atoms with van der Waals surface area (Å²) in [5, 5.41) is 9.82. The molecule has 1 N–H and O–H groups in total. The molecule has 138 valence electrons. The van der Waals surface area contributed by atoms with Gasteiger partial charge in [0, 0.05) is 12.1 Å². The van der Waals surface area contributed by atoms with Crippen LogP contribution in [-0.4, -0.2) is 40.7 Å². The lowest BCUT2D eigenvalue weighted by Crippen LogP contribution is -2.23. The van der Waals surface area contributed by atoms with Gasteiger partial charge in [-0.05, 0) is 59.8 Å². The van der Waals surface area contributed by atoms with Gasteiger partial charge < -0.3 is 9.84 Å². The quantitative estimate of drug-likeness (QED) is 0.763. The van der Waals surface area contributed by atoms with Crippen LogP contribution in [0.1, 0.15) is 5.56 Å². The second-order valence-electron chi connectivity index (χ2n) is 5.60. The van der Waals surface area contributed by atoms with Gasteiger partial charge in [-0.2, -0.15) is 0 Å². The van der Waals surface area contributed by atoms with Gasteiger partial charge in [0.1, 0.15) is 5.75 Å². The fourth-order valence-corrected chi connectivity index (χ4v) is 3.35. The minimum atomic E-state index is -1.04. The Balaban J connectivity index is 1.75. The van der Waals surface area contributed by atoms with Gasteiger partial charge in [-0.25, -0.2) is 9.79 Å². The van der Waals surface area contributed by atoms with Crippen LogP contribution in [0.3, 0.4) is 0 Å². The molecule has 1 aliphatic rings. The average Bonchev–Trinajstić information content (AvgIpc) is 2.91. The number of rotatable bonds is 5. The molecule has 0 radical (unpaired) electrons. The number of aliphatic carboxylic acids is 1. The zero-order valence-corrected chi connectivity index (χ0v) is 15.8. The maximum atomic E-state index is 12.5. The van der Waals surface area contributed by atoms with Gasteiger partial charge in [-0.15, -0.1) is 0 Å². The third-order valence-electron chi connectivity index (χ3n) is 3.60. The van der Waals surface area contributed by atoms with Crippen molar-refractivity contribution in [3.8, 4) is 5.75 Å². The highest BCUT2D eigenvalue weighted by atomic mass is 35.5. The van der Waals surface area contributed by atoms with Gasteiger partial charge in [-0.3, -0.25) is 9.69 Å². The van der Waals surface area contributed by atoms with Crippen LogP contribution < -0.4 is 4.74 Å². The molecule has 1 aliphatic heterocycles. The van der Waals surface area contributed by atoms with Crippen molar-refractivity contribution in [2.24, 2.45) is 4.99 Å². The number of carbonyl (C=O) groups is 2. The zero-order valence-electron chi connectivity index (χ0n) is 14.3. The molecule has 0 bridgehead atoms. The summed E-state index contributed by atoms with van der Waals surface area (Å²) in [5.74, 6) is -0.726. The Kier molecular flexibility index (Phi) is 5.83. The summed E-state index contributed by atoms with van der Waals surface area (Å²) in [6.07, 6.45) is 1.76. The second-order valence-corrected chi connectivity index (χ2v) is 7.04. The van der Waals surface area contributed by atoms with Crippen molar-refractivity contribution in [3.63, 3.8) is 0 Å². The molecule has 0 unspecified atom stereocenters. The number of benzene rings is 2. The highest BCUT2D eigenvalue weighted by Crippen LogP contribution is 2.33. The van der Waals surface area contributed by atoms with Crippen molar-refractivity contribution >= 4 is 52.2 Å². The van der Waals surface area contributed by atoms with Crippen LogP contribution >= 0.6 is 23.4 Å². The van der Waals surface area contributed by atoms with Gasteiger partial charge >= 0.3 is 5.97 Å². The molecule has 0 aromatic heterocycles. The van der Waals surface area contributed by atoms with Gasteiger partial charge in [0.15, 0.2) is 11.8 Å². The molecule has 27 heavy (non-hydrogen) atoms. The predicted octanol–water partition coefficient (Wildman–Crippen LogP) is 4.04. The summed E-state index contributed by atoms with van der Waals surface area (Å²) in [6.45, 7) is -0.399. The number of carbonyl (C=O) groups excluding carboxylic acids is 1. The van der Waals surface area contributed by atoms with E-state index in [0.29, 0.717) is 26.5 Å². The van der Waals surface area contributed by atoms with Crippen molar-refractivity contribution in [1.29, 1.82) is 0 Å². The molecule has 1 heterocycles. The lowest BCUT2D eigenvalue weighted by Gasteiger charge is -2.07. The van der Waals surface area contributed by atoms with Crippen LogP contribution in [0.2, 0.25) is 5.02 Å². The van der Waals surface area contributed by atoms with Crippen molar-refractivity contribution in [2.75, 3.05) is 13.7 Å². The molecule has 0 spiro atoms. The number of ether oxygens (including phenoxy) is 1. The molecule has 2 aromatic carbocycles. The largest absolute Gasteiger partial charge is 0.482 e. The zero-order chi connectivity index (χ0) is 19.4. The minimum Gasteiger partial charge on any atom is -0.482 e. The molecule has 0 saturated carbocycles. The molecule has 6 nitrogen and oxygen atoms in total. The SMILES string of the molecule is CN1C(=O)/C(=C\c2ccc(OCC(=O)O)cc2)SC1=Nc1ccc(Cl)cc1. The van der Waals surface area contributed by atoms with E-state index in [9.17, 15) is 9.59 Å². The molecule has 1 fully saturated rings. The Hall–Kier alpha value is -2.77. The van der Waals surface area contributed by atoms with Crippen LogP contribution in [0.15, 0.2) is 58.4 Å². The topological polar surface area (TPSA) is 79.2 Å². The van der Waals surface area contributed by atoms with Crippen molar-refractivity contribution in [2.45, 2.75) is 0 Å². The van der Waals surface area contributed by atoms with E-state index in [-0.39, 0.29) is 5.91 Å². The highest BCUT2D eigenvalue weighted by Gasteiger charge is 2.30. The molecular formula is C19H15ClN2O4S. The molecule has 1 amide bonds. The molecule has 1 saturated heterocycles. The third-order valence-corrected chi connectivity index (χ3v) is 4.91. The number of hydrogen-bond acceptors (Lipinski definition) is 5. The highest BCUT2D eigenvalue weighted by molar-refractivity contribution is 8.18. The van der Waals surface area contributed by atoms with Crippen LogP contribution in [0.25, 0.3) is 6.08 Å². The summed E-state index contributed by atoms with van der Waals surface area (Å²) < 4.78 is 5.09. The Morgan fingerprint density at radius 1 is 1.22 bits per heavy atom. The van der Waals surface area contributed by atoms with E-state index in [1.54, 1.807) is 61.7 Å². The summed E-state index contributed by atoms with van der Waals surface area (Å²) in [4.78, 5) is 29.5. The summed E-state index contributed by atoms with van der Waals surface area (Å²) in [7, 11) is 1.67. The van der Waals surface area contributed by atoms with Crippen LogP contribution in [0.4, 0.5) is 5.69 Å². The van der Waals surface area contributed by atoms with Gasteiger partial charge in [-0.1, -0.05) is 23.7 Å². The Morgan fingerprint density at radius 2 is 1.89 bits per heavy atom. The van der Waals surface area contributed by atoms with E-state index in [1.807, 2.05) is 0 Å². The molecule has 2 aromatic rings. The van der Waals surface area contributed by atoms with Gasteiger partial charge in [0.25, 0.3) is 5.91 Å². The second kappa shape index (κ2) is 8.28. The normalized spacial score (nSPS) is 17.0. The molecule has 0 atom stereocenters. The number of carboxylic acid groups (broad SMARTS) is 1. The summed E-state index contributed by atoms with van der Waals surface area (Å²) >= 11 is 7.16.